The average molecular weight is 305 g/mol. The van der Waals surface area contributed by atoms with Crippen molar-refractivity contribution in [1.82, 2.24) is 0 Å². The van der Waals surface area contributed by atoms with Crippen LogP contribution in [0.1, 0.15) is 0 Å². The predicted molar refractivity (Wildman–Crippen MR) is 11.3 cm³/mol. The van der Waals surface area contributed by atoms with Crippen molar-refractivity contribution in [3.05, 3.63) is 0 Å². The van der Waals surface area contributed by atoms with E-state index in [1.807, 2.05) is 0 Å². The molecule has 0 aromatic carbocycles. The summed E-state index contributed by atoms with van der Waals surface area (Å²) in [6.45, 7) is 0. The van der Waals surface area contributed by atoms with Gasteiger partial charge in [0.1, 0.15) is 0 Å². The Morgan fingerprint density at radius 2 is 1.00 bits per heavy atom. The van der Waals surface area contributed by atoms with Crippen molar-refractivity contribution in [1.29, 1.82) is 0 Å². The third-order valence-electron chi connectivity index (χ3n) is 0. The zero-order valence-electron chi connectivity index (χ0n) is 1.44. The van der Waals surface area contributed by atoms with Gasteiger partial charge in [0.25, 0.3) is 0 Å². The third-order valence-corrected chi connectivity index (χ3v) is 0. The molecule has 0 fully saturated rings. The summed E-state index contributed by atoms with van der Waals surface area (Å²) < 4.78 is 0. The van der Waals surface area contributed by atoms with Gasteiger partial charge in [-0.05, 0) is 0 Å². The SMILES string of the molecule is [Cu].[GeH4].[Mn].[Ni].[V]. The fourth-order valence-corrected chi connectivity index (χ4v) is 0. The molecule has 3 radical (unpaired) electrons. The van der Waals surface area contributed by atoms with Crippen LogP contribution in [0.25, 0.3) is 0 Å². The van der Waals surface area contributed by atoms with Crippen LogP contribution in [0.5, 0.6) is 0 Å². The molecule has 0 N–H and O–H groups in total. The second kappa shape index (κ2) is 30.2. The molecule has 0 saturated heterocycles. The van der Waals surface area contributed by atoms with Crippen molar-refractivity contribution in [3.8, 4) is 0 Å². The van der Waals surface area contributed by atoms with Crippen LogP contribution in [0.15, 0.2) is 0 Å². The molecule has 0 bridgehead atoms. The molecule has 5 heteroatoms. The largest absolute Gasteiger partial charge is 0 e. The average Bonchev–Trinajstić information content (AvgIpc) is 0. The van der Waals surface area contributed by atoms with Gasteiger partial charge in [-0.1, -0.05) is 0 Å². The first-order valence-electron chi connectivity index (χ1n) is 0. The summed E-state index contributed by atoms with van der Waals surface area (Å²) >= 11 is 0. The minimum absolute atomic E-state index is 0. The van der Waals surface area contributed by atoms with E-state index in [0.717, 1.165) is 0 Å². The minimum atomic E-state index is 0. The van der Waals surface area contributed by atoms with Crippen LogP contribution in [0.4, 0.5) is 0 Å². The van der Waals surface area contributed by atoms with Crippen LogP contribution >= 0.6 is 0 Å². The first-order valence-corrected chi connectivity index (χ1v) is 0. The second-order valence-corrected chi connectivity index (χ2v) is 0. The molecule has 41 valence electrons. The van der Waals surface area contributed by atoms with E-state index in [0.29, 0.717) is 0 Å². The van der Waals surface area contributed by atoms with E-state index >= 15 is 0 Å². The van der Waals surface area contributed by atoms with Gasteiger partial charge >= 0.3 is 17.6 Å². The molecule has 0 saturated carbocycles. The van der Waals surface area contributed by atoms with Crippen LogP contribution in [0.3, 0.4) is 0 Å². The molecule has 0 nitrogen and oxygen atoms in total. The van der Waals surface area contributed by atoms with E-state index < -0.39 is 0 Å². The van der Waals surface area contributed by atoms with Crippen molar-refractivity contribution in [3.63, 3.8) is 0 Å². The Morgan fingerprint density at radius 1 is 1.00 bits per heavy atom. The summed E-state index contributed by atoms with van der Waals surface area (Å²) in [4.78, 5) is 0. The zero-order valence-corrected chi connectivity index (χ0v) is 5.95. The molecule has 0 aromatic heterocycles. The van der Waals surface area contributed by atoms with Gasteiger partial charge in [-0.3, -0.25) is 0 Å². The standard InChI is InChI=1S/Cu.GeH4.Mn.Ni.V/h;1H4;;;. The molecule has 0 aromatic rings. The predicted octanol–water partition coefficient (Wildman–Crippen LogP) is -1.46. The van der Waals surface area contributed by atoms with Crippen molar-refractivity contribution in [2.75, 3.05) is 0 Å². The molecular formula is H4CuGeMnNiV. The van der Waals surface area contributed by atoms with Gasteiger partial charge in [0.2, 0.25) is 0 Å². The van der Waals surface area contributed by atoms with E-state index in [4.69, 9.17) is 0 Å². The normalized spacial score (nSPS) is 0. The monoisotopic (exact) mass is 305 g/mol. The van der Waals surface area contributed by atoms with Crippen molar-refractivity contribution >= 4 is 17.6 Å². The summed E-state index contributed by atoms with van der Waals surface area (Å²) in [5.74, 6) is 0. The van der Waals surface area contributed by atoms with E-state index in [9.17, 15) is 0 Å². The van der Waals surface area contributed by atoms with Crippen LogP contribution < -0.4 is 0 Å². The van der Waals surface area contributed by atoms with Crippen LogP contribution in [-0.2, 0) is 69.2 Å². The van der Waals surface area contributed by atoms with Gasteiger partial charge in [-0.15, -0.1) is 0 Å². The van der Waals surface area contributed by atoms with Crippen molar-refractivity contribution < 1.29 is 69.2 Å². The Labute approximate surface area is 85.7 Å². The van der Waals surface area contributed by atoms with Gasteiger partial charge in [-0.2, -0.15) is 0 Å². The van der Waals surface area contributed by atoms with Gasteiger partial charge in [0.15, 0.2) is 0 Å². The molecule has 0 unspecified atom stereocenters. The van der Waals surface area contributed by atoms with E-state index in [2.05, 4.69) is 0 Å². The summed E-state index contributed by atoms with van der Waals surface area (Å²) in [6, 6.07) is 0. The molecule has 0 heterocycles. The molecule has 0 aliphatic rings. The fourth-order valence-electron chi connectivity index (χ4n) is 0. The summed E-state index contributed by atoms with van der Waals surface area (Å²) in [6.07, 6.45) is 0. The summed E-state index contributed by atoms with van der Waals surface area (Å²) in [7, 11) is 0. The summed E-state index contributed by atoms with van der Waals surface area (Å²) in [5, 5.41) is 0. The molecule has 5 heavy (non-hydrogen) atoms. The fraction of sp³-hybridized carbons (Fsp3) is 0. The Bertz CT molecular complexity index is 11.6. The first-order chi connectivity index (χ1) is 0. The Balaban J connectivity index is 0. The number of hydrogen-bond acceptors (Lipinski definition) is 0. The first kappa shape index (κ1) is 48.0. The van der Waals surface area contributed by atoms with E-state index in [1.165, 1.54) is 0 Å². The van der Waals surface area contributed by atoms with Gasteiger partial charge in [-0.25, -0.2) is 0 Å². The molecular weight excluding hydrogens is 301 g/mol. The van der Waals surface area contributed by atoms with Gasteiger partial charge in [0, 0.05) is 69.2 Å². The van der Waals surface area contributed by atoms with Gasteiger partial charge < -0.3 is 0 Å². The van der Waals surface area contributed by atoms with Crippen LogP contribution in [-0.4, -0.2) is 17.6 Å². The molecule has 0 amide bonds. The van der Waals surface area contributed by atoms with Crippen LogP contribution in [0.2, 0.25) is 0 Å². The van der Waals surface area contributed by atoms with E-state index in [1.54, 1.807) is 0 Å². The maximum Gasteiger partial charge on any atom is 0 e. The smallest absolute Gasteiger partial charge is 0 e. The Morgan fingerprint density at radius 3 is 1.00 bits per heavy atom. The number of rotatable bonds is 0. The van der Waals surface area contributed by atoms with E-state index in [-0.39, 0.29) is 86.8 Å². The van der Waals surface area contributed by atoms with Crippen molar-refractivity contribution in [2.24, 2.45) is 0 Å². The van der Waals surface area contributed by atoms with Crippen LogP contribution in [0, 0.1) is 0 Å². The van der Waals surface area contributed by atoms with Crippen molar-refractivity contribution in [2.45, 2.75) is 0 Å². The maximum absolute atomic E-state index is 0. The Kier molecular flexibility index (Phi) is 290. The minimum Gasteiger partial charge on any atom is 0 e. The third kappa shape index (κ3) is 20.4. The Hall–Kier alpha value is 2.66. The molecule has 0 aliphatic carbocycles. The summed E-state index contributed by atoms with van der Waals surface area (Å²) in [5.41, 5.74) is 0. The zero-order chi connectivity index (χ0) is 0. The molecule has 0 rings (SSSR count). The second-order valence-electron chi connectivity index (χ2n) is 0. The maximum atomic E-state index is 0. The number of hydrogen-bond donors (Lipinski definition) is 0. The molecule has 0 spiro atoms. The topological polar surface area (TPSA) is 0 Å². The van der Waals surface area contributed by atoms with Gasteiger partial charge in [0.05, 0.1) is 0 Å². The molecule has 0 aliphatic heterocycles. The quantitative estimate of drug-likeness (QED) is 0.480. The molecule has 0 atom stereocenters.